The summed E-state index contributed by atoms with van der Waals surface area (Å²) in [6.07, 6.45) is 7.23. The molecule has 0 radical (unpaired) electrons. The zero-order valence-corrected chi connectivity index (χ0v) is 11.2. The zero-order chi connectivity index (χ0) is 12.3. The fourth-order valence-corrected chi connectivity index (χ4v) is 2.80. The molecular weight excluding hydrogens is 212 g/mol. The molecule has 1 aliphatic rings. The number of aryl methyl sites for hydroxylation is 1. The van der Waals surface area contributed by atoms with Gasteiger partial charge >= 0.3 is 0 Å². The molecule has 2 unspecified atom stereocenters. The van der Waals surface area contributed by atoms with Gasteiger partial charge < -0.3 is 5.32 Å². The second kappa shape index (κ2) is 5.63. The molecule has 1 heterocycles. The average molecular weight is 236 g/mol. The van der Waals surface area contributed by atoms with Crippen molar-refractivity contribution >= 4 is 0 Å². The van der Waals surface area contributed by atoms with Crippen LogP contribution in [0, 0.1) is 11.8 Å². The SMILES string of the molecule is CC(C)NCC1CCCC1Cc1cn(C)nn1. The van der Waals surface area contributed by atoms with Gasteiger partial charge in [-0.05, 0) is 37.6 Å². The average Bonchev–Trinajstić information content (AvgIpc) is 2.86. The highest BCUT2D eigenvalue weighted by Crippen LogP contribution is 2.33. The molecule has 4 nitrogen and oxygen atoms in total. The summed E-state index contributed by atoms with van der Waals surface area (Å²) in [4.78, 5) is 0. The molecule has 4 heteroatoms. The first-order valence-corrected chi connectivity index (χ1v) is 6.73. The van der Waals surface area contributed by atoms with E-state index in [-0.39, 0.29) is 0 Å². The summed E-state index contributed by atoms with van der Waals surface area (Å²) >= 11 is 0. The largest absolute Gasteiger partial charge is 0.314 e. The number of hydrogen-bond donors (Lipinski definition) is 1. The van der Waals surface area contributed by atoms with Crippen LogP contribution in [0.5, 0.6) is 0 Å². The van der Waals surface area contributed by atoms with Crippen molar-refractivity contribution in [3.63, 3.8) is 0 Å². The molecule has 0 amide bonds. The molecule has 0 aromatic carbocycles. The topological polar surface area (TPSA) is 42.7 Å². The van der Waals surface area contributed by atoms with Crippen molar-refractivity contribution < 1.29 is 0 Å². The Morgan fingerprint density at radius 2 is 2.18 bits per heavy atom. The molecule has 1 aliphatic carbocycles. The molecular formula is C13H24N4. The number of nitrogens with one attached hydrogen (secondary N) is 1. The maximum atomic E-state index is 4.20. The summed E-state index contributed by atoms with van der Waals surface area (Å²) in [6.45, 7) is 5.59. The standard InChI is InChI=1S/C13H24N4/c1-10(2)14-8-12-6-4-5-11(12)7-13-9-17(3)16-15-13/h9-12,14H,4-8H2,1-3H3. The quantitative estimate of drug-likeness (QED) is 0.847. The van der Waals surface area contributed by atoms with Crippen LogP contribution in [0.3, 0.4) is 0 Å². The molecule has 96 valence electrons. The van der Waals surface area contributed by atoms with Crippen molar-refractivity contribution in [2.45, 2.75) is 45.6 Å². The van der Waals surface area contributed by atoms with Gasteiger partial charge in [-0.2, -0.15) is 0 Å². The van der Waals surface area contributed by atoms with Gasteiger partial charge in [-0.15, -0.1) is 5.10 Å². The highest BCUT2D eigenvalue weighted by atomic mass is 15.4. The highest BCUT2D eigenvalue weighted by molar-refractivity contribution is 4.96. The molecule has 1 fully saturated rings. The van der Waals surface area contributed by atoms with Crippen LogP contribution in [0.2, 0.25) is 0 Å². The van der Waals surface area contributed by atoms with E-state index in [1.807, 2.05) is 13.2 Å². The van der Waals surface area contributed by atoms with E-state index in [2.05, 4.69) is 29.5 Å². The molecule has 2 rings (SSSR count). The number of rotatable bonds is 5. The Morgan fingerprint density at radius 1 is 1.41 bits per heavy atom. The van der Waals surface area contributed by atoms with Gasteiger partial charge in [0.15, 0.2) is 0 Å². The molecule has 0 bridgehead atoms. The van der Waals surface area contributed by atoms with Crippen molar-refractivity contribution in [3.05, 3.63) is 11.9 Å². The highest BCUT2D eigenvalue weighted by Gasteiger charge is 2.27. The van der Waals surface area contributed by atoms with Crippen LogP contribution in [0.1, 0.15) is 38.8 Å². The van der Waals surface area contributed by atoms with Gasteiger partial charge in [0.2, 0.25) is 0 Å². The molecule has 2 atom stereocenters. The van der Waals surface area contributed by atoms with Crippen LogP contribution in [0.15, 0.2) is 6.20 Å². The number of nitrogens with zero attached hydrogens (tertiary/aromatic N) is 3. The van der Waals surface area contributed by atoms with Crippen LogP contribution in [0.4, 0.5) is 0 Å². The Kier molecular flexibility index (Phi) is 4.15. The normalized spacial score (nSPS) is 24.7. The van der Waals surface area contributed by atoms with Crippen molar-refractivity contribution in [2.75, 3.05) is 6.54 Å². The predicted molar refractivity (Wildman–Crippen MR) is 68.7 cm³/mol. The van der Waals surface area contributed by atoms with Crippen molar-refractivity contribution in [1.29, 1.82) is 0 Å². The summed E-state index contributed by atoms with van der Waals surface area (Å²) in [5.74, 6) is 1.61. The van der Waals surface area contributed by atoms with Gasteiger partial charge in [-0.25, -0.2) is 0 Å². The summed E-state index contributed by atoms with van der Waals surface area (Å²) < 4.78 is 1.80. The predicted octanol–water partition coefficient (Wildman–Crippen LogP) is 1.77. The lowest BCUT2D eigenvalue weighted by Crippen LogP contribution is -2.31. The second-order valence-corrected chi connectivity index (χ2v) is 5.60. The van der Waals surface area contributed by atoms with Gasteiger partial charge in [0.25, 0.3) is 0 Å². The summed E-state index contributed by atoms with van der Waals surface area (Å²) in [6, 6.07) is 0.591. The molecule has 1 aromatic heterocycles. The lowest BCUT2D eigenvalue weighted by Gasteiger charge is -2.20. The van der Waals surface area contributed by atoms with Crippen LogP contribution in [-0.2, 0) is 13.5 Å². The Hall–Kier alpha value is -0.900. The third kappa shape index (κ3) is 3.53. The van der Waals surface area contributed by atoms with E-state index in [1.54, 1.807) is 4.68 Å². The van der Waals surface area contributed by atoms with E-state index >= 15 is 0 Å². The smallest absolute Gasteiger partial charge is 0.0829 e. The van der Waals surface area contributed by atoms with Crippen molar-refractivity contribution in [1.82, 2.24) is 20.3 Å². The van der Waals surface area contributed by atoms with Crippen LogP contribution in [-0.4, -0.2) is 27.6 Å². The molecule has 17 heavy (non-hydrogen) atoms. The zero-order valence-electron chi connectivity index (χ0n) is 11.2. The number of hydrogen-bond acceptors (Lipinski definition) is 3. The van der Waals surface area contributed by atoms with Crippen LogP contribution >= 0.6 is 0 Å². The third-order valence-corrected chi connectivity index (χ3v) is 3.73. The minimum absolute atomic E-state index is 0.591. The Morgan fingerprint density at radius 3 is 2.82 bits per heavy atom. The van der Waals surface area contributed by atoms with Gasteiger partial charge in [-0.3, -0.25) is 4.68 Å². The molecule has 0 aliphatic heterocycles. The third-order valence-electron chi connectivity index (χ3n) is 3.73. The minimum Gasteiger partial charge on any atom is -0.314 e. The van der Waals surface area contributed by atoms with Crippen molar-refractivity contribution in [2.24, 2.45) is 18.9 Å². The van der Waals surface area contributed by atoms with Gasteiger partial charge in [0.05, 0.1) is 5.69 Å². The Bertz CT molecular complexity index is 345. The lowest BCUT2D eigenvalue weighted by molar-refractivity contribution is 0.352. The summed E-state index contributed by atoms with van der Waals surface area (Å²) in [5.41, 5.74) is 1.15. The molecule has 0 saturated heterocycles. The summed E-state index contributed by atoms with van der Waals surface area (Å²) in [5, 5.41) is 11.8. The molecule has 1 saturated carbocycles. The first-order chi connectivity index (χ1) is 8.15. The van der Waals surface area contributed by atoms with E-state index in [0.717, 1.165) is 30.5 Å². The Balaban J connectivity index is 1.86. The Labute approximate surface area is 104 Å². The minimum atomic E-state index is 0.591. The monoisotopic (exact) mass is 236 g/mol. The van der Waals surface area contributed by atoms with E-state index in [4.69, 9.17) is 0 Å². The maximum absolute atomic E-state index is 4.20. The summed E-state index contributed by atoms with van der Waals surface area (Å²) in [7, 11) is 1.93. The van der Waals surface area contributed by atoms with Crippen LogP contribution < -0.4 is 5.32 Å². The second-order valence-electron chi connectivity index (χ2n) is 5.60. The van der Waals surface area contributed by atoms with E-state index in [0.29, 0.717) is 6.04 Å². The first kappa shape index (κ1) is 12.6. The van der Waals surface area contributed by atoms with E-state index in [1.165, 1.54) is 19.3 Å². The fraction of sp³-hybridized carbons (Fsp3) is 0.846. The van der Waals surface area contributed by atoms with Gasteiger partial charge in [0.1, 0.15) is 0 Å². The molecule has 1 N–H and O–H groups in total. The molecule has 0 spiro atoms. The van der Waals surface area contributed by atoms with Gasteiger partial charge in [0, 0.05) is 19.3 Å². The van der Waals surface area contributed by atoms with Crippen molar-refractivity contribution in [3.8, 4) is 0 Å². The lowest BCUT2D eigenvalue weighted by atomic mass is 9.91. The number of aromatic nitrogens is 3. The van der Waals surface area contributed by atoms with E-state index in [9.17, 15) is 0 Å². The molecule has 1 aromatic rings. The first-order valence-electron chi connectivity index (χ1n) is 6.73. The maximum Gasteiger partial charge on any atom is 0.0829 e. The fourth-order valence-electron chi connectivity index (χ4n) is 2.80. The van der Waals surface area contributed by atoms with Gasteiger partial charge in [-0.1, -0.05) is 25.5 Å². The van der Waals surface area contributed by atoms with E-state index < -0.39 is 0 Å². The van der Waals surface area contributed by atoms with Crippen LogP contribution in [0.25, 0.3) is 0 Å².